The van der Waals surface area contributed by atoms with Crippen molar-refractivity contribution in [3.63, 3.8) is 0 Å². The fraction of sp³-hybridized carbons (Fsp3) is 0.600. The number of amides is 1. The Bertz CT molecular complexity index is 845. The number of hydrogen-bond acceptors (Lipinski definition) is 5. The lowest BCUT2D eigenvalue weighted by Gasteiger charge is -2.29. The van der Waals surface area contributed by atoms with Crippen molar-refractivity contribution in [2.45, 2.75) is 45.1 Å². The topological polar surface area (TPSA) is 90.9 Å². The smallest absolute Gasteiger partial charge is 0.263 e. The van der Waals surface area contributed by atoms with Gasteiger partial charge in [0.2, 0.25) is 5.91 Å². The van der Waals surface area contributed by atoms with Crippen LogP contribution in [-0.4, -0.2) is 58.3 Å². The zero-order valence-corrected chi connectivity index (χ0v) is 18.4. The van der Waals surface area contributed by atoms with Crippen LogP contribution < -0.4 is 10.0 Å². The number of fused-ring (bicyclic) bond motifs is 1. The normalized spacial score (nSPS) is 18.2. The Morgan fingerprint density at radius 2 is 1.89 bits per heavy atom. The fourth-order valence-electron chi connectivity index (χ4n) is 3.41. The number of hydrogen-bond donors (Lipinski definition) is 2. The van der Waals surface area contributed by atoms with Crippen LogP contribution in [0.25, 0.3) is 0 Å². The van der Waals surface area contributed by atoms with E-state index < -0.39 is 16.1 Å². The zero-order valence-electron chi connectivity index (χ0n) is 17.6. The molecule has 8 heteroatoms. The van der Waals surface area contributed by atoms with Crippen LogP contribution in [0.1, 0.15) is 39.7 Å². The molecule has 1 unspecified atom stereocenters. The summed E-state index contributed by atoms with van der Waals surface area (Å²) in [5.41, 5.74) is 0.424. The van der Waals surface area contributed by atoms with Crippen molar-refractivity contribution >= 4 is 21.8 Å². The first kappa shape index (κ1) is 22.4. The van der Waals surface area contributed by atoms with Gasteiger partial charge < -0.3 is 10.2 Å². The Kier molecular flexibility index (Phi) is 6.88. The van der Waals surface area contributed by atoms with Gasteiger partial charge in [0.05, 0.1) is 4.90 Å². The summed E-state index contributed by atoms with van der Waals surface area (Å²) in [6.45, 7) is 9.58. The molecule has 1 atom stereocenters. The van der Waals surface area contributed by atoms with Crippen molar-refractivity contribution in [1.82, 2.24) is 14.9 Å². The molecule has 0 fully saturated rings. The number of nitrogens with zero attached hydrogens (tertiary/aromatic N) is 2. The summed E-state index contributed by atoms with van der Waals surface area (Å²) in [5, 5.41) is 3.00. The second kappa shape index (κ2) is 8.61. The molecule has 0 saturated heterocycles. The molecular weight excluding hydrogens is 376 g/mol. The van der Waals surface area contributed by atoms with Crippen molar-refractivity contribution in [2.24, 2.45) is 16.3 Å². The second-order valence-electron chi connectivity index (χ2n) is 8.84. The molecule has 1 aromatic rings. The lowest BCUT2D eigenvalue weighted by atomic mass is 9.92. The Balaban J connectivity index is 2.23. The number of benzene rings is 1. The van der Waals surface area contributed by atoms with E-state index in [-0.39, 0.29) is 28.0 Å². The number of nitrogens with one attached hydrogen (secondary N) is 2. The monoisotopic (exact) mass is 408 g/mol. The van der Waals surface area contributed by atoms with Gasteiger partial charge in [-0.25, -0.2) is 8.42 Å². The summed E-state index contributed by atoms with van der Waals surface area (Å²) >= 11 is 0. The highest BCUT2D eigenvalue weighted by molar-refractivity contribution is 7.90. The maximum atomic E-state index is 12.9. The third-order valence-electron chi connectivity index (χ3n) is 4.43. The van der Waals surface area contributed by atoms with E-state index in [0.717, 1.165) is 6.54 Å². The minimum absolute atomic E-state index is 0.0871. The highest BCUT2D eigenvalue weighted by Gasteiger charge is 2.32. The Morgan fingerprint density at radius 1 is 1.25 bits per heavy atom. The van der Waals surface area contributed by atoms with Crippen LogP contribution in [0.15, 0.2) is 34.2 Å². The quantitative estimate of drug-likeness (QED) is 0.687. The molecule has 7 nitrogen and oxygen atoms in total. The first-order valence-electron chi connectivity index (χ1n) is 9.54. The average Bonchev–Trinajstić information content (AvgIpc) is 2.82. The van der Waals surface area contributed by atoms with Crippen molar-refractivity contribution < 1.29 is 13.2 Å². The molecule has 1 amide bonds. The van der Waals surface area contributed by atoms with Crippen LogP contribution >= 0.6 is 0 Å². The van der Waals surface area contributed by atoms with Crippen LogP contribution in [-0.2, 0) is 14.8 Å². The molecule has 0 spiro atoms. The lowest BCUT2D eigenvalue weighted by Crippen LogP contribution is -2.43. The van der Waals surface area contributed by atoms with Crippen LogP contribution in [0.3, 0.4) is 0 Å². The fourth-order valence-corrected chi connectivity index (χ4v) is 4.65. The van der Waals surface area contributed by atoms with Gasteiger partial charge in [0.25, 0.3) is 10.0 Å². The SMILES string of the molecule is CC(C)CC(N=C1NS(=O)(=O)c2ccccc21)C(=O)NCC(C)(C)CN(C)C. The molecule has 0 radical (unpaired) electrons. The van der Waals surface area contributed by atoms with E-state index in [1.54, 1.807) is 24.3 Å². The molecule has 0 aromatic heterocycles. The van der Waals surface area contributed by atoms with Gasteiger partial charge in [-0.3, -0.25) is 14.5 Å². The second-order valence-corrected chi connectivity index (χ2v) is 10.5. The predicted molar refractivity (Wildman–Crippen MR) is 112 cm³/mol. The van der Waals surface area contributed by atoms with E-state index in [0.29, 0.717) is 18.5 Å². The van der Waals surface area contributed by atoms with E-state index in [9.17, 15) is 13.2 Å². The molecule has 1 aromatic carbocycles. The Morgan fingerprint density at radius 3 is 2.50 bits per heavy atom. The largest absolute Gasteiger partial charge is 0.354 e. The molecule has 2 N–H and O–H groups in total. The van der Waals surface area contributed by atoms with Crippen LogP contribution in [0.2, 0.25) is 0 Å². The number of sulfonamides is 1. The average molecular weight is 409 g/mol. The summed E-state index contributed by atoms with van der Waals surface area (Å²) in [7, 11) is 0.380. The number of aliphatic imine (C=N–C) groups is 1. The molecule has 0 saturated carbocycles. The predicted octanol–water partition coefficient (Wildman–Crippen LogP) is 1.84. The van der Waals surface area contributed by atoms with Gasteiger partial charge in [-0.1, -0.05) is 39.8 Å². The van der Waals surface area contributed by atoms with E-state index in [1.165, 1.54) is 0 Å². The molecule has 28 heavy (non-hydrogen) atoms. The van der Waals surface area contributed by atoms with E-state index in [2.05, 4.69) is 33.8 Å². The van der Waals surface area contributed by atoms with Gasteiger partial charge >= 0.3 is 0 Å². The number of rotatable bonds is 8. The third kappa shape index (κ3) is 5.78. The van der Waals surface area contributed by atoms with Crippen molar-refractivity contribution in [3.8, 4) is 0 Å². The third-order valence-corrected chi connectivity index (χ3v) is 5.83. The molecular formula is C20H32N4O3S. The van der Waals surface area contributed by atoms with Crippen molar-refractivity contribution in [3.05, 3.63) is 29.8 Å². The number of carbonyl (C=O) groups is 1. The van der Waals surface area contributed by atoms with Gasteiger partial charge in [0, 0.05) is 18.7 Å². The maximum absolute atomic E-state index is 12.9. The van der Waals surface area contributed by atoms with Crippen LogP contribution in [0.5, 0.6) is 0 Å². The minimum Gasteiger partial charge on any atom is -0.354 e. The van der Waals surface area contributed by atoms with Gasteiger partial charge in [-0.15, -0.1) is 0 Å². The summed E-state index contributed by atoms with van der Waals surface area (Å²) in [6, 6.07) is 6.03. The number of amidine groups is 1. The Labute approximate surface area is 168 Å². The molecule has 0 bridgehead atoms. The lowest BCUT2D eigenvalue weighted by molar-refractivity contribution is -0.123. The number of carbonyl (C=O) groups excluding carboxylic acids is 1. The minimum atomic E-state index is -3.62. The van der Waals surface area contributed by atoms with Gasteiger partial charge in [0.15, 0.2) is 0 Å². The zero-order chi connectivity index (χ0) is 21.1. The molecule has 0 aliphatic carbocycles. The molecule has 1 heterocycles. The summed E-state index contributed by atoms with van der Waals surface area (Å²) < 4.78 is 27.1. The van der Waals surface area contributed by atoms with E-state index >= 15 is 0 Å². The van der Waals surface area contributed by atoms with Gasteiger partial charge in [-0.05, 0) is 44.0 Å². The van der Waals surface area contributed by atoms with Gasteiger partial charge in [-0.2, -0.15) is 0 Å². The molecule has 1 aliphatic heterocycles. The van der Waals surface area contributed by atoms with E-state index in [4.69, 9.17) is 0 Å². The highest BCUT2D eigenvalue weighted by Crippen LogP contribution is 2.23. The maximum Gasteiger partial charge on any atom is 0.263 e. The van der Waals surface area contributed by atoms with Crippen molar-refractivity contribution in [1.29, 1.82) is 0 Å². The highest BCUT2D eigenvalue weighted by atomic mass is 32.2. The summed E-state index contributed by atoms with van der Waals surface area (Å²) in [5.74, 6) is 0.295. The summed E-state index contributed by atoms with van der Waals surface area (Å²) in [4.78, 5) is 19.7. The Hall–Kier alpha value is -1.93. The van der Waals surface area contributed by atoms with Crippen molar-refractivity contribution in [2.75, 3.05) is 27.2 Å². The molecule has 2 rings (SSSR count). The van der Waals surface area contributed by atoms with Gasteiger partial charge in [0.1, 0.15) is 11.9 Å². The molecule has 156 valence electrons. The van der Waals surface area contributed by atoms with Crippen LogP contribution in [0.4, 0.5) is 0 Å². The summed E-state index contributed by atoms with van der Waals surface area (Å²) in [6.07, 6.45) is 0.535. The standard InChI is InChI=1S/C20H32N4O3S/c1-14(2)11-16(19(25)21-12-20(3,4)13-24(5)6)22-18-15-9-7-8-10-17(15)28(26,27)23-18/h7-10,14,16H,11-13H2,1-6H3,(H,21,25)(H,22,23). The van der Waals surface area contributed by atoms with E-state index in [1.807, 2.05) is 27.9 Å². The molecule has 1 aliphatic rings. The first-order valence-corrected chi connectivity index (χ1v) is 11.0. The first-order chi connectivity index (χ1) is 12.9. The van der Waals surface area contributed by atoms with Crippen LogP contribution in [0, 0.1) is 11.3 Å².